The highest BCUT2D eigenvalue weighted by molar-refractivity contribution is 6.32. The standard InChI is InChI=1S/C16H22ClNO/c17-15-11-13(12-7-9-18-10-8-12)5-6-16(15)19-14-3-1-2-4-14/h5-6,11-12,14,18H,1-4,7-10H2. The Morgan fingerprint density at radius 3 is 2.47 bits per heavy atom. The van der Waals surface area contributed by atoms with Crippen molar-refractivity contribution in [3.05, 3.63) is 28.8 Å². The Hall–Kier alpha value is -0.730. The third kappa shape index (κ3) is 3.24. The number of nitrogens with one attached hydrogen (secondary N) is 1. The lowest BCUT2D eigenvalue weighted by atomic mass is 9.90. The van der Waals surface area contributed by atoms with Gasteiger partial charge in [0.25, 0.3) is 0 Å². The molecular weight excluding hydrogens is 258 g/mol. The smallest absolute Gasteiger partial charge is 0.138 e. The predicted octanol–water partition coefficient (Wildman–Crippen LogP) is 4.13. The molecule has 2 nitrogen and oxygen atoms in total. The van der Waals surface area contributed by atoms with Gasteiger partial charge in [-0.3, -0.25) is 0 Å². The van der Waals surface area contributed by atoms with Crippen LogP contribution in [0, 0.1) is 0 Å². The van der Waals surface area contributed by atoms with Crippen LogP contribution < -0.4 is 10.1 Å². The second-order valence-electron chi connectivity index (χ2n) is 5.74. The number of ether oxygens (including phenoxy) is 1. The molecule has 0 spiro atoms. The third-order valence-corrected chi connectivity index (χ3v) is 4.66. The molecule has 19 heavy (non-hydrogen) atoms. The van der Waals surface area contributed by atoms with Gasteiger partial charge in [0.15, 0.2) is 0 Å². The van der Waals surface area contributed by atoms with Crippen molar-refractivity contribution in [3.63, 3.8) is 0 Å². The Morgan fingerprint density at radius 1 is 1.05 bits per heavy atom. The van der Waals surface area contributed by atoms with Gasteiger partial charge in [0.2, 0.25) is 0 Å². The van der Waals surface area contributed by atoms with Crippen LogP contribution >= 0.6 is 11.6 Å². The first-order valence-electron chi connectivity index (χ1n) is 7.50. The third-order valence-electron chi connectivity index (χ3n) is 4.36. The van der Waals surface area contributed by atoms with Crippen LogP contribution in [0.3, 0.4) is 0 Å². The Bertz CT molecular complexity index is 423. The van der Waals surface area contributed by atoms with E-state index < -0.39 is 0 Å². The molecule has 0 amide bonds. The van der Waals surface area contributed by atoms with Gasteiger partial charge in [-0.05, 0) is 75.2 Å². The van der Waals surface area contributed by atoms with E-state index in [4.69, 9.17) is 16.3 Å². The molecule has 3 heteroatoms. The van der Waals surface area contributed by atoms with E-state index in [0.717, 1.165) is 23.9 Å². The minimum atomic E-state index is 0.377. The fourth-order valence-corrected chi connectivity index (χ4v) is 3.44. The molecule has 1 aromatic carbocycles. The topological polar surface area (TPSA) is 21.3 Å². The zero-order valence-corrected chi connectivity index (χ0v) is 12.1. The van der Waals surface area contributed by atoms with Gasteiger partial charge in [-0.25, -0.2) is 0 Å². The van der Waals surface area contributed by atoms with Crippen LogP contribution in [0.15, 0.2) is 18.2 Å². The Labute approximate surface area is 120 Å². The first-order chi connectivity index (χ1) is 9.33. The highest BCUT2D eigenvalue weighted by Gasteiger charge is 2.19. The van der Waals surface area contributed by atoms with E-state index in [1.54, 1.807) is 0 Å². The second kappa shape index (κ2) is 6.15. The lowest BCUT2D eigenvalue weighted by Gasteiger charge is -2.23. The predicted molar refractivity (Wildman–Crippen MR) is 79.2 cm³/mol. The minimum absolute atomic E-state index is 0.377. The molecular formula is C16H22ClNO. The fourth-order valence-electron chi connectivity index (χ4n) is 3.21. The molecule has 104 valence electrons. The van der Waals surface area contributed by atoms with Gasteiger partial charge in [0.1, 0.15) is 5.75 Å². The molecule has 0 atom stereocenters. The van der Waals surface area contributed by atoms with E-state index >= 15 is 0 Å². The van der Waals surface area contributed by atoms with Crippen LogP contribution in [0.4, 0.5) is 0 Å². The molecule has 0 radical (unpaired) electrons. The molecule has 3 rings (SSSR count). The van der Waals surface area contributed by atoms with Gasteiger partial charge < -0.3 is 10.1 Å². The molecule has 1 aliphatic carbocycles. The van der Waals surface area contributed by atoms with E-state index in [0.29, 0.717) is 12.0 Å². The molecule has 1 saturated heterocycles. The van der Waals surface area contributed by atoms with Crippen LogP contribution in [-0.2, 0) is 0 Å². The highest BCUT2D eigenvalue weighted by atomic mass is 35.5. The average Bonchev–Trinajstić information content (AvgIpc) is 2.95. The summed E-state index contributed by atoms with van der Waals surface area (Å²) in [4.78, 5) is 0. The lowest BCUT2D eigenvalue weighted by molar-refractivity contribution is 0.210. The van der Waals surface area contributed by atoms with Gasteiger partial charge in [-0.2, -0.15) is 0 Å². The van der Waals surface area contributed by atoms with Crippen LogP contribution in [0.25, 0.3) is 0 Å². The number of benzene rings is 1. The molecule has 1 aliphatic heterocycles. The first kappa shape index (κ1) is 13.3. The van der Waals surface area contributed by atoms with E-state index in [1.165, 1.54) is 44.1 Å². The average molecular weight is 280 g/mol. The summed E-state index contributed by atoms with van der Waals surface area (Å²) < 4.78 is 6.00. The SMILES string of the molecule is Clc1cc(C2CCNCC2)ccc1OC1CCCC1. The summed E-state index contributed by atoms with van der Waals surface area (Å²) in [6, 6.07) is 6.38. The highest BCUT2D eigenvalue weighted by Crippen LogP contribution is 2.34. The fraction of sp³-hybridized carbons (Fsp3) is 0.625. The zero-order chi connectivity index (χ0) is 13.1. The summed E-state index contributed by atoms with van der Waals surface area (Å²) >= 11 is 6.39. The summed E-state index contributed by atoms with van der Waals surface area (Å²) in [5.74, 6) is 1.52. The molecule has 0 aromatic heterocycles. The molecule has 2 fully saturated rings. The molecule has 0 unspecified atom stereocenters. The maximum atomic E-state index is 6.39. The van der Waals surface area contributed by atoms with Crippen molar-refractivity contribution >= 4 is 11.6 Å². The van der Waals surface area contributed by atoms with E-state index in [9.17, 15) is 0 Å². The minimum Gasteiger partial charge on any atom is -0.489 e. The van der Waals surface area contributed by atoms with Gasteiger partial charge in [-0.1, -0.05) is 17.7 Å². The number of piperidine rings is 1. The lowest BCUT2D eigenvalue weighted by Crippen LogP contribution is -2.26. The molecule has 2 aliphatic rings. The molecule has 1 aromatic rings. The summed E-state index contributed by atoms with van der Waals surface area (Å²) in [6.07, 6.45) is 7.71. The van der Waals surface area contributed by atoms with Crippen LogP contribution in [0.2, 0.25) is 5.02 Å². The Kier molecular flexibility index (Phi) is 4.29. The number of hydrogen-bond acceptors (Lipinski definition) is 2. The van der Waals surface area contributed by atoms with Crippen LogP contribution in [-0.4, -0.2) is 19.2 Å². The van der Waals surface area contributed by atoms with Gasteiger partial charge in [-0.15, -0.1) is 0 Å². The maximum Gasteiger partial charge on any atom is 0.138 e. The summed E-state index contributed by atoms with van der Waals surface area (Å²) in [6.45, 7) is 2.23. The zero-order valence-electron chi connectivity index (χ0n) is 11.3. The monoisotopic (exact) mass is 279 g/mol. The maximum absolute atomic E-state index is 6.39. The largest absolute Gasteiger partial charge is 0.489 e. The molecule has 1 N–H and O–H groups in total. The molecule has 1 heterocycles. The van der Waals surface area contributed by atoms with Crippen molar-refractivity contribution in [1.29, 1.82) is 0 Å². The van der Waals surface area contributed by atoms with Crippen LogP contribution in [0.1, 0.15) is 50.0 Å². The number of hydrogen-bond donors (Lipinski definition) is 1. The summed E-state index contributed by atoms with van der Waals surface area (Å²) in [7, 11) is 0. The second-order valence-corrected chi connectivity index (χ2v) is 6.15. The quantitative estimate of drug-likeness (QED) is 0.898. The Morgan fingerprint density at radius 2 is 1.79 bits per heavy atom. The number of halogens is 1. The van der Waals surface area contributed by atoms with Crippen molar-refractivity contribution in [2.75, 3.05) is 13.1 Å². The molecule has 0 bridgehead atoms. The van der Waals surface area contributed by atoms with Gasteiger partial charge >= 0.3 is 0 Å². The van der Waals surface area contributed by atoms with E-state index in [2.05, 4.69) is 23.5 Å². The van der Waals surface area contributed by atoms with Crippen molar-refractivity contribution in [2.45, 2.75) is 50.5 Å². The summed E-state index contributed by atoms with van der Waals surface area (Å²) in [5.41, 5.74) is 1.37. The van der Waals surface area contributed by atoms with Crippen LogP contribution in [0.5, 0.6) is 5.75 Å². The van der Waals surface area contributed by atoms with Crippen molar-refractivity contribution in [1.82, 2.24) is 5.32 Å². The van der Waals surface area contributed by atoms with Crippen molar-refractivity contribution in [3.8, 4) is 5.75 Å². The summed E-state index contributed by atoms with van der Waals surface area (Å²) in [5, 5.41) is 4.18. The van der Waals surface area contributed by atoms with Crippen molar-refractivity contribution in [2.24, 2.45) is 0 Å². The normalized spacial score (nSPS) is 21.7. The van der Waals surface area contributed by atoms with Gasteiger partial charge in [0.05, 0.1) is 11.1 Å². The molecule has 1 saturated carbocycles. The number of rotatable bonds is 3. The van der Waals surface area contributed by atoms with E-state index in [-0.39, 0.29) is 0 Å². The Balaban J connectivity index is 1.69. The van der Waals surface area contributed by atoms with Gasteiger partial charge in [0, 0.05) is 0 Å². The first-order valence-corrected chi connectivity index (χ1v) is 7.87. The van der Waals surface area contributed by atoms with E-state index in [1.807, 2.05) is 0 Å². The van der Waals surface area contributed by atoms with Crippen molar-refractivity contribution < 1.29 is 4.74 Å².